The van der Waals surface area contributed by atoms with Crippen LogP contribution >= 0.6 is 0 Å². The van der Waals surface area contributed by atoms with Gasteiger partial charge in [-0.05, 0) is 0 Å². The Balaban J connectivity index is 2.91. The van der Waals surface area contributed by atoms with Crippen LogP contribution in [0.3, 0.4) is 0 Å². The minimum absolute atomic E-state index is 0.155. The fourth-order valence-corrected chi connectivity index (χ4v) is 0.853. The Morgan fingerprint density at radius 2 is 1.91 bits per heavy atom. The Morgan fingerprint density at radius 1 is 1.36 bits per heavy atom. The lowest BCUT2D eigenvalue weighted by molar-refractivity contribution is -0.384. The van der Waals surface area contributed by atoms with E-state index < -0.39 is 0 Å². The Morgan fingerprint density at radius 3 is 2.27 bits per heavy atom. The summed E-state index contributed by atoms with van der Waals surface area (Å²) < 4.78 is 0. The van der Waals surface area contributed by atoms with E-state index in [1.807, 2.05) is 7.85 Å². The molecule has 1 rings (SSSR count). The molecule has 0 N–H and O–H groups in total. The summed E-state index contributed by atoms with van der Waals surface area (Å²) in [6.07, 6.45) is 0.915. The molecular formula is C7H8BNO2. The highest BCUT2D eigenvalue weighted by Crippen LogP contribution is 2.11. The molecule has 0 saturated carbocycles. The van der Waals surface area contributed by atoms with Crippen LogP contribution in [-0.2, 0) is 6.32 Å². The molecule has 0 aliphatic rings. The average molecular weight is 149 g/mol. The summed E-state index contributed by atoms with van der Waals surface area (Å²) in [7, 11) is 2.02. The monoisotopic (exact) mass is 149 g/mol. The minimum Gasteiger partial charge on any atom is -0.258 e. The van der Waals surface area contributed by atoms with Crippen molar-refractivity contribution in [2.24, 2.45) is 0 Å². The molecule has 0 aliphatic carbocycles. The van der Waals surface area contributed by atoms with Crippen LogP contribution in [0.4, 0.5) is 5.69 Å². The van der Waals surface area contributed by atoms with E-state index in [1.54, 1.807) is 12.1 Å². The van der Waals surface area contributed by atoms with E-state index in [4.69, 9.17) is 0 Å². The van der Waals surface area contributed by atoms with Crippen molar-refractivity contribution in [1.82, 2.24) is 0 Å². The van der Waals surface area contributed by atoms with Gasteiger partial charge in [-0.1, -0.05) is 24.0 Å². The van der Waals surface area contributed by atoms with Crippen molar-refractivity contribution in [3.63, 3.8) is 0 Å². The molecule has 0 radical (unpaired) electrons. The van der Waals surface area contributed by atoms with E-state index in [9.17, 15) is 10.1 Å². The topological polar surface area (TPSA) is 43.1 Å². The van der Waals surface area contributed by atoms with Gasteiger partial charge in [0.25, 0.3) is 5.69 Å². The summed E-state index contributed by atoms with van der Waals surface area (Å²) in [5.74, 6) is 0. The molecule has 0 aromatic heterocycles. The highest BCUT2D eigenvalue weighted by Gasteiger charge is 2.01. The lowest BCUT2D eigenvalue weighted by atomic mass is 9.97. The zero-order valence-corrected chi connectivity index (χ0v) is 6.28. The highest BCUT2D eigenvalue weighted by molar-refractivity contribution is 6.08. The van der Waals surface area contributed by atoms with Crippen LogP contribution in [0, 0.1) is 10.1 Å². The number of rotatable bonds is 2. The van der Waals surface area contributed by atoms with Crippen molar-refractivity contribution < 1.29 is 4.92 Å². The molecular weight excluding hydrogens is 141 g/mol. The smallest absolute Gasteiger partial charge is 0.258 e. The third kappa shape index (κ3) is 1.80. The van der Waals surface area contributed by atoms with Crippen LogP contribution in [0.15, 0.2) is 24.3 Å². The van der Waals surface area contributed by atoms with Gasteiger partial charge in [-0.2, -0.15) is 0 Å². The summed E-state index contributed by atoms with van der Waals surface area (Å²) >= 11 is 0. The fraction of sp³-hybridized carbons (Fsp3) is 0.143. The van der Waals surface area contributed by atoms with E-state index in [2.05, 4.69) is 0 Å². The van der Waals surface area contributed by atoms with Gasteiger partial charge in [0.1, 0.15) is 7.85 Å². The SMILES string of the molecule is BCc1ccc([N+](=O)[O-])cc1. The average Bonchev–Trinajstić information content (AvgIpc) is 2.05. The van der Waals surface area contributed by atoms with Gasteiger partial charge in [-0.25, -0.2) is 0 Å². The summed E-state index contributed by atoms with van der Waals surface area (Å²) in [5.41, 5.74) is 1.28. The standard InChI is InChI=1S/C7H8BNO2/c8-5-6-1-3-7(4-2-6)9(10)11/h1-4H,5,8H2. The van der Waals surface area contributed by atoms with E-state index in [-0.39, 0.29) is 10.6 Å². The Bertz CT molecular complexity index is 258. The number of hydrogen-bond donors (Lipinski definition) is 0. The third-order valence-corrected chi connectivity index (χ3v) is 1.56. The lowest BCUT2D eigenvalue weighted by Gasteiger charge is -1.93. The predicted molar refractivity (Wildman–Crippen MR) is 45.3 cm³/mol. The summed E-state index contributed by atoms with van der Waals surface area (Å²) in [6.45, 7) is 0. The first kappa shape index (κ1) is 7.79. The summed E-state index contributed by atoms with van der Waals surface area (Å²) in [5, 5.41) is 10.2. The van der Waals surface area contributed by atoms with E-state index in [1.165, 1.54) is 12.1 Å². The maximum atomic E-state index is 10.2. The molecule has 0 saturated heterocycles. The van der Waals surface area contributed by atoms with E-state index in [0.717, 1.165) is 11.9 Å². The van der Waals surface area contributed by atoms with Crippen LogP contribution in [0.25, 0.3) is 0 Å². The number of non-ortho nitro benzene ring substituents is 1. The fourth-order valence-electron chi connectivity index (χ4n) is 0.853. The number of nitro benzene ring substituents is 1. The van der Waals surface area contributed by atoms with Crippen LogP contribution in [0.5, 0.6) is 0 Å². The first-order chi connectivity index (χ1) is 5.24. The molecule has 1 aromatic carbocycles. The van der Waals surface area contributed by atoms with Gasteiger partial charge in [-0.3, -0.25) is 10.1 Å². The molecule has 4 heteroatoms. The second kappa shape index (κ2) is 3.19. The Kier molecular flexibility index (Phi) is 2.26. The maximum Gasteiger partial charge on any atom is 0.269 e. The predicted octanol–water partition coefficient (Wildman–Crippen LogP) is 0.728. The molecule has 0 spiro atoms. The second-order valence-corrected chi connectivity index (χ2v) is 2.28. The van der Waals surface area contributed by atoms with Gasteiger partial charge in [0.15, 0.2) is 0 Å². The zero-order chi connectivity index (χ0) is 8.27. The van der Waals surface area contributed by atoms with Crippen molar-refractivity contribution in [2.45, 2.75) is 6.32 Å². The van der Waals surface area contributed by atoms with Crippen LogP contribution in [0.2, 0.25) is 0 Å². The second-order valence-electron chi connectivity index (χ2n) is 2.28. The van der Waals surface area contributed by atoms with Crippen LogP contribution < -0.4 is 0 Å². The number of nitro groups is 1. The highest BCUT2D eigenvalue weighted by atomic mass is 16.6. The Labute approximate surface area is 65.6 Å². The first-order valence-corrected chi connectivity index (χ1v) is 3.47. The largest absolute Gasteiger partial charge is 0.269 e. The van der Waals surface area contributed by atoms with Gasteiger partial charge in [-0.15, -0.1) is 0 Å². The molecule has 0 unspecified atom stereocenters. The van der Waals surface area contributed by atoms with Crippen LogP contribution in [0.1, 0.15) is 5.56 Å². The van der Waals surface area contributed by atoms with Crippen molar-refractivity contribution >= 4 is 13.5 Å². The summed E-state index contributed by atoms with van der Waals surface area (Å²) in [6, 6.07) is 6.61. The van der Waals surface area contributed by atoms with Gasteiger partial charge < -0.3 is 0 Å². The van der Waals surface area contributed by atoms with E-state index >= 15 is 0 Å². The molecule has 0 amide bonds. The van der Waals surface area contributed by atoms with Crippen molar-refractivity contribution in [2.75, 3.05) is 0 Å². The van der Waals surface area contributed by atoms with Gasteiger partial charge in [0.05, 0.1) is 4.92 Å². The number of benzene rings is 1. The number of nitrogens with zero attached hydrogens (tertiary/aromatic N) is 1. The molecule has 0 atom stereocenters. The summed E-state index contributed by atoms with van der Waals surface area (Å²) in [4.78, 5) is 9.82. The normalized spacial score (nSPS) is 9.45. The van der Waals surface area contributed by atoms with Gasteiger partial charge in [0.2, 0.25) is 0 Å². The maximum absolute atomic E-state index is 10.2. The lowest BCUT2D eigenvalue weighted by Crippen LogP contribution is -1.88. The first-order valence-electron chi connectivity index (χ1n) is 3.47. The molecule has 11 heavy (non-hydrogen) atoms. The van der Waals surface area contributed by atoms with Crippen molar-refractivity contribution in [3.05, 3.63) is 39.9 Å². The van der Waals surface area contributed by atoms with E-state index in [0.29, 0.717) is 0 Å². The van der Waals surface area contributed by atoms with Gasteiger partial charge in [0, 0.05) is 12.1 Å². The molecule has 0 aliphatic heterocycles. The number of hydrogen-bond acceptors (Lipinski definition) is 2. The molecule has 0 bridgehead atoms. The molecule has 56 valence electrons. The van der Waals surface area contributed by atoms with Crippen LogP contribution in [-0.4, -0.2) is 12.8 Å². The Hall–Kier alpha value is -1.32. The molecule has 0 heterocycles. The zero-order valence-electron chi connectivity index (χ0n) is 6.28. The van der Waals surface area contributed by atoms with Crippen molar-refractivity contribution in [1.29, 1.82) is 0 Å². The molecule has 1 aromatic rings. The van der Waals surface area contributed by atoms with Crippen molar-refractivity contribution in [3.8, 4) is 0 Å². The third-order valence-electron chi connectivity index (χ3n) is 1.56. The van der Waals surface area contributed by atoms with Gasteiger partial charge >= 0.3 is 0 Å². The minimum atomic E-state index is -0.389. The molecule has 0 fully saturated rings. The quantitative estimate of drug-likeness (QED) is 0.353. The molecule has 3 nitrogen and oxygen atoms in total.